The first-order chi connectivity index (χ1) is 18.2. The number of rotatable bonds is 5. The normalized spacial score (nSPS) is 14.1. The SMILES string of the molecule is O=C(Nc1cncc(-c2cnc3[nH]nc(-c4nc5c(-c6ccoc6)cncc5[nH]4)c3c2)c1)C1CCCC1. The number of H-pyrrole nitrogens is 2. The molecule has 0 unspecified atom stereocenters. The van der Waals surface area contributed by atoms with Crippen LogP contribution >= 0.6 is 0 Å². The Morgan fingerprint density at radius 3 is 2.73 bits per heavy atom. The van der Waals surface area contributed by atoms with Gasteiger partial charge in [0.15, 0.2) is 11.5 Å². The summed E-state index contributed by atoms with van der Waals surface area (Å²) in [6.07, 6.45) is 16.1. The van der Waals surface area contributed by atoms with Gasteiger partial charge in [-0.25, -0.2) is 9.97 Å². The molecule has 0 atom stereocenters. The van der Waals surface area contributed by atoms with E-state index in [2.05, 4.69) is 35.5 Å². The van der Waals surface area contributed by atoms with E-state index in [4.69, 9.17) is 9.40 Å². The Morgan fingerprint density at radius 2 is 1.86 bits per heavy atom. The maximum Gasteiger partial charge on any atom is 0.227 e. The number of nitrogens with zero attached hydrogens (tertiary/aromatic N) is 5. The molecule has 1 amide bonds. The van der Waals surface area contributed by atoms with Crippen LogP contribution in [0.15, 0.2) is 66.1 Å². The lowest BCUT2D eigenvalue weighted by atomic mass is 10.1. The van der Waals surface area contributed by atoms with Gasteiger partial charge in [-0.3, -0.25) is 19.9 Å². The molecule has 6 aromatic heterocycles. The minimum atomic E-state index is 0.0660. The Bertz CT molecular complexity index is 1750. The van der Waals surface area contributed by atoms with Crippen molar-refractivity contribution in [2.75, 3.05) is 5.32 Å². The molecule has 182 valence electrons. The molecule has 10 nitrogen and oxygen atoms in total. The van der Waals surface area contributed by atoms with Gasteiger partial charge >= 0.3 is 0 Å². The monoisotopic (exact) mass is 490 g/mol. The lowest BCUT2D eigenvalue weighted by Gasteiger charge is -2.11. The van der Waals surface area contributed by atoms with Crippen molar-refractivity contribution in [3.63, 3.8) is 0 Å². The lowest BCUT2D eigenvalue weighted by molar-refractivity contribution is -0.119. The molecule has 10 heteroatoms. The highest BCUT2D eigenvalue weighted by molar-refractivity contribution is 5.97. The molecule has 1 aliphatic carbocycles. The van der Waals surface area contributed by atoms with Crippen LogP contribution in [0, 0.1) is 5.92 Å². The standard InChI is InChI=1S/C27H22N8O2/c36-27(15-3-1-2-4-15)31-19-7-17(9-28-11-19)18-8-20-24(34-35-25(20)30-10-18)26-32-22-13-29-12-21(23(22)33-26)16-5-6-37-14-16/h5-15H,1-4H2,(H,31,36)(H,32,33)(H,30,34,35). The Kier molecular flexibility index (Phi) is 5.02. The zero-order chi connectivity index (χ0) is 24.8. The van der Waals surface area contributed by atoms with Crippen molar-refractivity contribution in [2.45, 2.75) is 25.7 Å². The molecule has 0 aromatic carbocycles. The summed E-state index contributed by atoms with van der Waals surface area (Å²) in [7, 11) is 0. The van der Waals surface area contributed by atoms with E-state index >= 15 is 0 Å². The van der Waals surface area contributed by atoms with E-state index < -0.39 is 0 Å². The molecule has 0 saturated heterocycles. The summed E-state index contributed by atoms with van der Waals surface area (Å²) in [5.41, 5.74) is 7.03. The molecule has 6 heterocycles. The highest BCUT2D eigenvalue weighted by Crippen LogP contribution is 2.33. The highest BCUT2D eigenvalue weighted by atomic mass is 16.3. The molecular formula is C27H22N8O2. The third kappa shape index (κ3) is 3.83. The molecule has 1 aliphatic rings. The number of anilines is 1. The number of carbonyl (C=O) groups is 1. The summed E-state index contributed by atoms with van der Waals surface area (Å²) in [6.45, 7) is 0. The maximum atomic E-state index is 12.6. The van der Waals surface area contributed by atoms with Crippen molar-refractivity contribution >= 4 is 33.7 Å². The minimum absolute atomic E-state index is 0.0660. The van der Waals surface area contributed by atoms with Crippen LogP contribution in [-0.4, -0.2) is 41.0 Å². The first kappa shape index (κ1) is 21.4. The van der Waals surface area contributed by atoms with Crippen molar-refractivity contribution in [3.8, 4) is 33.8 Å². The molecule has 1 saturated carbocycles. The predicted molar refractivity (Wildman–Crippen MR) is 138 cm³/mol. The molecule has 3 N–H and O–H groups in total. The molecule has 6 aromatic rings. The summed E-state index contributed by atoms with van der Waals surface area (Å²) in [6, 6.07) is 5.80. The van der Waals surface area contributed by atoms with E-state index in [0.717, 1.165) is 64.4 Å². The number of hydrogen-bond donors (Lipinski definition) is 3. The molecular weight excluding hydrogens is 468 g/mol. The Labute approximate surface area is 210 Å². The second-order valence-corrected chi connectivity index (χ2v) is 9.31. The average Bonchev–Trinajstić information content (AvgIpc) is 3.74. The molecule has 0 radical (unpaired) electrons. The Balaban J connectivity index is 1.25. The number of amides is 1. The van der Waals surface area contributed by atoms with E-state index in [1.807, 2.05) is 18.2 Å². The summed E-state index contributed by atoms with van der Waals surface area (Å²) in [5.74, 6) is 0.758. The minimum Gasteiger partial charge on any atom is -0.472 e. The molecule has 37 heavy (non-hydrogen) atoms. The van der Waals surface area contributed by atoms with Crippen LogP contribution < -0.4 is 5.32 Å². The van der Waals surface area contributed by atoms with Crippen molar-refractivity contribution in [1.29, 1.82) is 0 Å². The fraction of sp³-hybridized carbons (Fsp3) is 0.185. The van der Waals surface area contributed by atoms with Gasteiger partial charge in [-0.05, 0) is 31.0 Å². The molecule has 7 rings (SSSR count). The summed E-state index contributed by atoms with van der Waals surface area (Å²) < 4.78 is 5.25. The van der Waals surface area contributed by atoms with Gasteiger partial charge in [-0.15, -0.1) is 0 Å². The smallest absolute Gasteiger partial charge is 0.227 e. The summed E-state index contributed by atoms with van der Waals surface area (Å²) >= 11 is 0. The number of aromatic nitrogens is 7. The second kappa shape index (κ2) is 8.66. The molecule has 0 spiro atoms. The summed E-state index contributed by atoms with van der Waals surface area (Å²) in [4.78, 5) is 34.0. The number of carbonyl (C=O) groups excluding carboxylic acids is 1. The average molecular weight is 491 g/mol. The van der Waals surface area contributed by atoms with Crippen LogP contribution in [0.2, 0.25) is 0 Å². The third-order valence-corrected chi connectivity index (χ3v) is 6.93. The van der Waals surface area contributed by atoms with Crippen molar-refractivity contribution in [1.82, 2.24) is 35.1 Å². The fourth-order valence-electron chi connectivity index (χ4n) is 5.01. The van der Waals surface area contributed by atoms with Gasteiger partial charge in [0.05, 0.1) is 41.5 Å². The summed E-state index contributed by atoms with van der Waals surface area (Å²) in [5, 5.41) is 11.3. The van der Waals surface area contributed by atoms with E-state index in [-0.39, 0.29) is 11.8 Å². The van der Waals surface area contributed by atoms with Gasteiger partial charge in [0.25, 0.3) is 0 Å². The van der Waals surface area contributed by atoms with Crippen LogP contribution in [0.1, 0.15) is 25.7 Å². The van der Waals surface area contributed by atoms with E-state index in [9.17, 15) is 4.79 Å². The predicted octanol–water partition coefficient (Wildman–Crippen LogP) is 5.35. The van der Waals surface area contributed by atoms with E-state index in [0.29, 0.717) is 22.9 Å². The zero-order valence-corrected chi connectivity index (χ0v) is 19.7. The topological polar surface area (TPSA) is 138 Å². The van der Waals surface area contributed by atoms with Crippen molar-refractivity contribution in [2.24, 2.45) is 5.92 Å². The second-order valence-electron chi connectivity index (χ2n) is 9.31. The number of aromatic amines is 2. The Hall–Kier alpha value is -4.86. The van der Waals surface area contributed by atoms with Gasteiger partial charge < -0.3 is 14.7 Å². The van der Waals surface area contributed by atoms with E-state index in [1.165, 1.54) is 0 Å². The molecule has 1 fully saturated rings. The van der Waals surface area contributed by atoms with Gasteiger partial charge in [0.1, 0.15) is 11.2 Å². The lowest BCUT2D eigenvalue weighted by Crippen LogP contribution is -2.20. The fourth-order valence-corrected chi connectivity index (χ4v) is 5.01. The van der Waals surface area contributed by atoms with E-state index in [1.54, 1.807) is 43.5 Å². The highest BCUT2D eigenvalue weighted by Gasteiger charge is 2.23. The third-order valence-electron chi connectivity index (χ3n) is 6.93. The van der Waals surface area contributed by atoms with Crippen molar-refractivity contribution in [3.05, 3.63) is 61.7 Å². The van der Waals surface area contributed by atoms with Gasteiger partial charge in [0, 0.05) is 46.8 Å². The van der Waals surface area contributed by atoms with Crippen LogP contribution in [0.5, 0.6) is 0 Å². The van der Waals surface area contributed by atoms with Crippen LogP contribution in [0.25, 0.3) is 55.8 Å². The number of furan rings is 1. The number of fused-ring (bicyclic) bond motifs is 2. The van der Waals surface area contributed by atoms with Gasteiger partial charge in [-0.2, -0.15) is 5.10 Å². The van der Waals surface area contributed by atoms with Crippen LogP contribution in [0.3, 0.4) is 0 Å². The maximum absolute atomic E-state index is 12.6. The number of hydrogen-bond acceptors (Lipinski definition) is 7. The van der Waals surface area contributed by atoms with Crippen LogP contribution in [-0.2, 0) is 4.79 Å². The molecule has 0 aliphatic heterocycles. The zero-order valence-electron chi connectivity index (χ0n) is 19.7. The first-order valence-electron chi connectivity index (χ1n) is 12.2. The van der Waals surface area contributed by atoms with Gasteiger partial charge in [0.2, 0.25) is 5.91 Å². The number of imidazole rings is 1. The first-order valence-corrected chi connectivity index (χ1v) is 12.2. The van der Waals surface area contributed by atoms with Gasteiger partial charge in [-0.1, -0.05) is 12.8 Å². The number of nitrogens with one attached hydrogen (secondary N) is 3. The van der Waals surface area contributed by atoms with Crippen molar-refractivity contribution < 1.29 is 9.21 Å². The number of pyridine rings is 3. The quantitative estimate of drug-likeness (QED) is 0.296. The molecule has 0 bridgehead atoms. The Morgan fingerprint density at radius 1 is 1.00 bits per heavy atom. The van der Waals surface area contributed by atoms with Crippen LogP contribution in [0.4, 0.5) is 5.69 Å². The largest absolute Gasteiger partial charge is 0.472 e.